The van der Waals surface area contributed by atoms with Crippen molar-refractivity contribution in [3.63, 3.8) is 0 Å². The summed E-state index contributed by atoms with van der Waals surface area (Å²) in [7, 11) is 3.75. The molecule has 0 saturated carbocycles. The number of aliphatic hydroxyl groups is 1. The molecule has 30 heavy (non-hydrogen) atoms. The van der Waals surface area contributed by atoms with Gasteiger partial charge in [-0.05, 0) is 67.3 Å². The second-order valence-corrected chi connectivity index (χ2v) is 8.34. The van der Waals surface area contributed by atoms with Crippen LogP contribution in [0.3, 0.4) is 0 Å². The second kappa shape index (κ2) is 11.3. The summed E-state index contributed by atoms with van der Waals surface area (Å²) in [5, 5.41) is 9.84. The van der Waals surface area contributed by atoms with Crippen molar-refractivity contribution in [2.24, 2.45) is 5.92 Å². The minimum absolute atomic E-state index is 0.209. The molecule has 5 heteroatoms. The minimum atomic E-state index is 0.209. The SMILES string of the molecule is CCCC(CO)Cc1cc(CC)c(-c2ccc(C(C)C)nc2OC)nc1N(C)CC. The molecular formula is C25H39N3O2. The van der Waals surface area contributed by atoms with Crippen molar-refractivity contribution in [1.29, 1.82) is 0 Å². The van der Waals surface area contributed by atoms with Gasteiger partial charge in [0.25, 0.3) is 0 Å². The van der Waals surface area contributed by atoms with Gasteiger partial charge in [0.05, 0.1) is 18.4 Å². The predicted molar refractivity (Wildman–Crippen MR) is 126 cm³/mol. The summed E-state index contributed by atoms with van der Waals surface area (Å²) in [4.78, 5) is 12.1. The Morgan fingerprint density at radius 1 is 1.10 bits per heavy atom. The minimum Gasteiger partial charge on any atom is -0.480 e. The molecular weight excluding hydrogens is 374 g/mol. The molecule has 0 fully saturated rings. The van der Waals surface area contributed by atoms with Gasteiger partial charge in [0.2, 0.25) is 5.88 Å². The fourth-order valence-corrected chi connectivity index (χ4v) is 3.82. The van der Waals surface area contributed by atoms with E-state index in [0.717, 1.165) is 55.0 Å². The van der Waals surface area contributed by atoms with Crippen molar-refractivity contribution in [2.75, 3.05) is 32.2 Å². The number of hydrogen-bond donors (Lipinski definition) is 1. The quantitative estimate of drug-likeness (QED) is 0.545. The molecule has 2 aromatic heterocycles. The van der Waals surface area contributed by atoms with Crippen molar-refractivity contribution < 1.29 is 9.84 Å². The molecule has 0 amide bonds. The summed E-state index contributed by atoms with van der Waals surface area (Å²) in [6.45, 7) is 11.8. The van der Waals surface area contributed by atoms with Gasteiger partial charge in [0.15, 0.2) is 0 Å². The number of nitrogens with zero attached hydrogens (tertiary/aromatic N) is 3. The maximum atomic E-state index is 9.84. The van der Waals surface area contributed by atoms with E-state index >= 15 is 0 Å². The van der Waals surface area contributed by atoms with Crippen molar-refractivity contribution >= 4 is 5.82 Å². The Bertz CT molecular complexity index is 820. The topological polar surface area (TPSA) is 58.5 Å². The molecule has 0 aliphatic heterocycles. The standard InChI is InChI=1S/C25H39N3O2/c1-8-11-18(16-29)14-20-15-19(9-2)23(27-24(20)28(6)10-3)21-12-13-22(17(4)5)26-25(21)30-7/h12-13,15,17-18,29H,8-11,14,16H2,1-7H3. The van der Waals surface area contributed by atoms with Crippen LogP contribution in [0, 0.1) is 5.92 Å². The molecule has 1 atom stereocenters. The van der Waals surface area contributed by atoms with Gasteiger partial charge in [-0.1, -0.05) is 34.1 Å². The molecule has 0 spiro atoms. The van der Waals surface area contributed by atoms with Gasteiger partial charge < -0.3 is 14.7 Å². The van der Waals surface area contributed by atoms with Gasteiger partial charge in [-0.15, -0.1) is 0 Å². The number of hydrogen-bond acceptors (Lipinski definition) is 5. The highest BCUT2D eigenvalue weighted by molar-refractivity contribution is 5.71. The van der Waals surface area contributed by atoms with E-state index in [1.54, 1.807) is 7.11 Å². The van der Waals surface area contributed by atoms with Gasteiger partial charge in [0.1, 0.15) is 5.82 Å². The van der Waals surface area contributed by atoms with E-state index < -0.39 is 0 Å². The van der Waals surface area contributed by atoms with Crippen molar-refractivity contribution in [2.45, 2.75) is 66.2 Å². The summed E-state index contributed by atoms with van der Waals surface area (Å²) >= 11 is 0. The zero-order valence-electron chi connectivity index (χ0n) is 19.8. The molecule has 166 valence electrons. The number of ether oxygens (including phenoxy) is 1. The maximum absolute atomic E-state index is 9.84. The number of aliphatic hydroxyl groups excluding tert-OH is 1. The maximum Gasteiger partial charge on any atom is 0.222 e. The third kappa shape index (κ3) is 5.51. The largest absolute Gasteiger partial charge is 0.480 e. The summed E-state index contributed by atoms with van der Waals surface area (Å²) in [6, 6.07) is 6.44. The molecule has 0 aromatic carbocycles. The smallest absolute Gasteiger partial charge is 0.222 e. The lowest BCUT2D eigenvalue weighted by atomic mass is 9.93. The van der Waals surface area contributed by atoms with Crippen LogP contribution in [0.1, 0.15) is 70.2 Å². The van der Waals surface area contributed by atoms with Crippen LogP contribution in [-0.2, 0) is 12.8 Å². The number of aryl methyl sites for hydroxylation is 1. The van der Waals surface area contributed by atoms with Gasteiger partial charge in [-0.2, -0.15) is 0 Å². The first kappa shape index (κ1) is 24.1. The Kier molecular flexibility index (Phi) is 9.09. The average Bonchev–Trinajstić information content (AvgIpc) is 2.77. The summed E-state index contributed by atoms with van der Waals surface area (Å²) < 4.78 is 5.66. The van der Waals surface area contributed by atoms with E-state index in [0.29, 0.717) is 11.8 Å². The number of methoxy groups -OCH3 is 1. The Hall–Kier alpha value is -2.14. The molecule has 0 aliphatic rings. The van der Waals surface area contributed by atoms with E-state index in [9.17, 15) is 5.11 Å². The van der Waals surface area contributed by atoms with Crippen LogP contribution >= 0.6 is 0 Å². The van der Waals surface area contributed by atoms with E-state index in [1.807, 2.05) is 0 Å². The molecule has 2 aromatic rings. The Morgan fingerprint density at radius 3 is 2.37 bits per heavy atom. The Morgan fingerprint density at radius 2 is 1.83 bits per heavy atom. The number of aromatic nitrogens is 2. The summed E-state index contributed by atoms with van der Waals surface area (Å²) in [6.07, 6.45) is 3.80. The first-order valence-corrected chi connectivity index (χ1v) is 11.3. The lowest BCUT2D eigenvalue weighted by molar-refractivity contribution is 0.217. The number of anilines is 1. The normalized spacial score (nSPS) is 12.3. The third-order valence-corrected chi connectivity index (χ3v) is 5.76. The first-order valence-electron chi connectivity index (χ1n) is 11.3. The summed E-state index contributed by atoms with van der Waals surface area (Å²) in [5.74, 6) is 2.21. The number of rotatable bonds is 11. The van der Waals surface area contributed by atoms with Crippen LogP contribution in [0.25, 0.3) is 11.3 Å². The average molecular weight is 414 g/mol. The van der Waals surface area contributed by atoms with Gasteiger partial charge in [-0.3, -0.25) is 0 Å². The van der Waals surface area contributed by atoms with Crippen LogP contribution in [0.4, 0.5) is 5.82 Å². The van der Waals surface area contributed by atoms with Crippen LogP contribution in [0.15, 0.2) is 18.2 Å². The fourth-order valence-electron chi connectivity index (χ4n) is 3.82. The van der Waals surface area contributed by atoms with Crippen molar-refractivity contribution in [3.05, 3.63) is 35.0 Å². The third-order valence-electron chi connectivity index (χ3n) is 5.76. The van der Waals surface area contributed by atoms with Gasteiger partial charge >= 0.3 is 0 Å². The van der Waals surface area contributed by atoms with Gasteiger partial charge in [0, 0.05) is 25.9 Å². The fraction of sp³-hybridized carbons (Fsp3) is 0.600. The number of pyridine rings is 2. The van der Waals surface area contributed by atoms with E-state index in [-0.39, 0.29) is 12.5 Å². The zero-order chi connectivity index (χ0) is 22.3. The van der Waals surface area contributed by atoms with E-state index in [1.165, 1.54) is 11.1 Å². The molecule has 1 unspecified atom stereocenters. The monoisotopic (exact) mass is 413 g/mol. The predicted octanol–water partition coefficient (Wildman–Crippen LogP) is 5.25. The van der Waals surface area contributed by atoms with Gasteiger partial charge in [-0.25, -0.2) is 9.97 Å². The Balaban J connectivity index is 2.63. The lowest BCUT2D eigenvalue weighted by Crippen LogP contribution is -2.21. The highest BCUT2D eigenvalue weighted by Crippen LogP contribution is 2.35. The molecule has 0 saturated heterocycles. The lowest BCUT2D eigenvalue weighted by Gasteiger charge is -2.24. The molecule has 1 N–H and O–H groups in total. The highest BCUT2D eigenvalue weighted by atomic mass is 16.5. The Labute approximate surface area is 182 Å². The molecule has 2 rings (SSSR count). The van der Waals surface area contributed by atoms with Crippen LogP contribution < -0.4 is 9.64 Å². The van der Waals surface area contributed by atoms with Crippen molar-refractivity contribution in [3.8, 4) is 17.1 Å². The van der Waals surface area contributed by atoms with E-state index in [2.05, 4.69) is 64.8 Å². The molecule has 0 bridgehead atoms. The van der Waals surface area contributed by atoms with Crippen LogP contribution in [0.2, 0.25) is 0 Å². The zero-order valence-corrected chi connectivity index (χ0v) is 19.8. The second-order valence-electron chi connectivity index (χ2n) is 8.34. The molecule has 0 radical (unpaired) electrons. The molecule has 2 heterocycles. The molecule has 0 aliphatic carbocycles. The van der Waals surface area contributed by atoms with E-state index in [4.69, 9.17) is 14.7 Å². The van der Waals surface area contributed by atoms with Crippen LogP contribution in [-0.4, -0.2) is 42.4 Å². The van der Waals surface area contributed by atoms with Crippen LogP contribution in [0.5, 0.6) is 5.88 Å². The highest BCUT2D eigenvalue weighted by Gasteiger charge is 2.21. The van der Waals surface area contributed by atoms with Crippen molar-refractivity contribution in [1.82, 2.24) is 9.97 Å². The first-order chi connectivity index (χ1) is 14.4. The molecule has 5 nitrogen and oxygen atoms in total. The summed E-state index contributed by atoms with van der Waals surface area (Å²) in [5.41, 5.74) is 5.28.